The summed E-state index contributed by atoms with van der Waals surface area (Å²) in [6.45, 7) is 1.49. The third-order valence-corrected chi connectivity index (χ3v) is 1.53. The lowest BCUT2D eigenvalue weighted by Gasteiger charge is -2.17. The summed E-state index contributed by atoms with van der Waals surface area (Å²) in [5.74, 6) is 0.644. The van der Waals surface area contributed by atoms with Crippen LogP contribution in [0.5, 0.6) is 5.88 Å². The van der Waals surface area contributed by atoms with Crippen molar-refractivity contribution in [3.8, 4) is 5.88 Å². The van der Waals surface area contributed by atoms with E-state index in [0.29, 0.717) is 18.2 Å². The number of nitrogens with two attached hydrogens (primary N) is 1. The van der Waals surface area contributed by atoms with Crippen LogP contribution in [0.2, 0.25) is 0 Å². The molecule has 2 rings (SSSR count). The summed E-state index contributed by atoms with van der Waals surface area (Å²) < 4.78 is 5.25. The average molecular weight is 151 g/mol. The van der Waals surface area contributed by atoms with Gasteiger partial charge in [-0.05, 0) is 6.07 Å². The van der Waals surface area contributed by atoms with E-state index in [2.05, 4.69) is 10.3 Å². The van der Waals surface area contributed by atoms with E-state index in [-0.39, 0.29) is 0 Å². The number of nitrogen functional groups attached to an aromatic ring is 1. The molecular weight excluding hydrogens is 142 g/mol. The second-order valence-corrected chi connectivity index (χ2v) is 2.40. The Morgan fingerprint density at radius 2 is 2.55 bits per heavy atom. The van der Waals surface area contributed by atoms with Gasteiger partial charge >= 0.3 is 0 Å². The molecule has 4 nitrogen and oxygen atoms in total. The summed E-state index contributed by atoms with van der Waals surface area (Å²) in [5.41, 5.74) is 7.06. The van der Waals surface area contributed by atoms with Gasteiger partial charge < -0.3 is 15.8 Å². The fourth-order valence-electron chi connectivity index (χ4n) is 1.04. The zero-order valence-corrected chi connectivity index (χ0v) is 6.00. The smallest absolute Gasteiger partial charge is 0.237 e. The third kappa shape index (κ3) is 1.07. The molecule has 1 aliphatic rings. The van der Waals surface area contributed by atoms with E-state index in [9.17, 15) is 0 Å². The molecule has 4 heteroatoms. The topological polar surface area (TPSA) is 60.2 Å². The van der Waals surface area contributed by atoms with E-state index in [4.69, 9.17) is 10.5 Å². The first-order valence-corrected chi connectivity index (χ1v) is 3.48. The molecule has 0 fully saturated rings. The van der Waals surface area contributed by atoms with Gasteiger partial charge in [-0.3, -0.25) is 0 Å². The van der Waals surface area contributed by atoms with Crippen LogP contribution in [0.3, 0.4) is 0 Å². The van der Waals surface area contributed by atoms with E-state index in [1.54, 1.807) is 6.20 Å². The molecule has 58 valence electrons. The quantitative estimate of drug-likeness (QED) is 0.565. The highest BCUT2D eigenvalue weighted by Crippen LogP contribution is 2.25. The van der Waals surface area contributed by atoms with Crippen molar-refractivity contribution in [1.82, 2.24) is 4.98 Å². The van der Waals surface area contributed by atoms with Crippen LogP contribution in [-0.4, -0.2) is 18.1 Å². The number of ether oxygens (including phenoxy) is 1. The molecule has 0 bridgehead atoms. The predicted molar refractivity (Wildman–Crippen MR) is 42.6 cm³/mol. The van der Waals surface area contributed by atoms with Crippen LogP contribution in [0.25, 0.3) is 0 Å². The lowest BCUT2D eigenvalue weighted by Crippen LogP contribution is -2.18. The van der Waals surface area contributed by atoms with Gasteiger partial charge in [-0.1, -0.05) is 0 Å². The molecule has 0 atom stereocenters. The number of aromatic nitrogens is 1. The van der Waals surface area contributed by atoms with Crippen LogP contribution >= 0.6 is 0 Å². The number of anilines is 2. The minimum absolute atomic E-state index is 0.644. The molecule has 0 unspecified atom stereocenters. The molecule has 3 N–H and O–H groups in total. The zero-order valence-electron chi connectivity index (χ0n) is 6.00. The maximum atomic E-state index is 5.52. The number of rotatable bonds is 0. The van der Waals surface area contributed by atoms with Gasteiger partial charge in [0.2, 0.25) is 5.88 Å². The molecule has 0 saturated heterocycles. The van der Waals surface area contributed by atoms with Gasteiger partial charge in [0.05, 0.1) is 17.6 Å². The lowest BCUT2D eigenvalue weighted by molar-refractivity contribution is 0.310. The molecule has 1 aliphatic heterocycles. The molecule has 0 aliphatic carbocycles. The Hall–Kier alpha value is -1.45. The molecule has 2 heterocycles. The highest BCUT2D eigenvalue weighted by molar-refractivity contribution is 5.60. The van der Waals surface area contributed by atoms with E-state index >= 15 is 0 Å². The summed E-state index contributed by atoms with van der Waals surface area (Å²) >= 11 is 0. The number of nitrogens with zero attached hydrogens (tertiary/aromatic N) is 1. The highest BCUT2D eigenvalue weighted by Gasteiger charge is 2.09. The molecule has 11 heavy (non-hydrogen) atoms. The largest absolute Gasteiger partial charge is 0.474 e. The summed E-state index contributed by atoms with van der Waals surface area (Å²) in [6, 6.07) is 1.82. The van der Waals surface area contributed by atoms with E-state index < -0.39 is 0 Å². The van der Waals surface area contributed by atoms with Crippen LogP contribution < -0.4 is 15.8 Å². The normalized spacial score (nSPS) is 14.5. The fourth-order valence-corrected chi connectivity index (χ4v) is 1.04. The van der Waals surface area contributed by atoms with E-state index in [1.807, 2.05) is 6.07 Å². The maximum Gasteiger partial charge on any atom is 0.237 e. The minimum Gasteiger partial charge on any atom is -0.474 e. The van der Waals surface area contributed by atoms with Crippen LogP contribution in [-0.2, 0) is 0 Å². The first-order chi connectivity index (χ1) is 5.36. The second kappa shape index (κ2) is 2.30. The number of hydrogen-bond donors (Lipinski definition) is 2. The molecule has 1 aromatic heterocycles. The summed E-state index contributed by atoms with van der Waals surface area (Å²) in [6.07, 6.45) is 1.59. The van der Waals surface area contributed by atoms with Gasteiger partial charge in [0.15, 0.2) is 0 Å². The minimum atomic E-state index is 0.644. The van der Waals surface area contributed by atoms with Gasteiger partial charge in [-0.2, -0.15) is 0 Å². The van der Waals surface area contributed by atoms with Crippen LogP contribution in [0, 0.1) is 0 Å². The summed E-state index contributed by atoms with van der Waals surface area (Å²) in [7, 11) is 0. The van der Waals surface area contributed by atoms with Gasteiger partial charge in [0, 0.05) is 6.54 Å². The van der Waals surface area contributed by atoms with Gasteiger partial charge in [-0.15, -0.1) is 0 Å². The molecule has 0 amide bonds. The van der Waals surface area contributed by atoms with Crippen molar-refractivity contribution in [3.63, 3.8) is 0 Å². The molecular formula is C7H9N3O. The SMILES string of the molecule is Nc1cnc2c(c1)NCCO2. The van der Waals surface area contributed by atoms with Crippen molar-refractivity contribution >= 4 is 11.4 Å². The van der Waals surface area contributed by atoms with Crippen molar-refractivity contribution in [3.05, 3.63) is 12.3 Å². The monoisotopic (exact) mass is 151 g/mol. The van der Waals surface area contributed by atoms with E-state index in [1.165, 1.54) is 0 Å². The summed E-state index contributed by atoms with van der Waals surface area (Å²) in [5, 5.41) is 3.14. The zero-order chi connectivity index (χ0) is 7.68. The molecule has 0 aromatic carbocycles. The van der Waals surface area contributed by atoms with Crippen molar-refractivity contribution < 1.29 is 4.74 Å². The lowest BCUT2D eigenvalue weighted by atomic mass is 10.3. The fraction of sp³-hybridized carbons (Fsp3) is 0.286. The first kappa shape index (κ1) is 6.27. The Kier molecular flexibility index (Phi) is 1.31. The first-order valence-electron chi connectivity index (χ1n) is 3.48. The molecule has 1 aromatic rings. The van der Waals surface area contributed by atoms with Gasteiger partial charge in [0.1, 0.15) is 6.61 Å². The Morgan fingerprint density at radius 1 is 1.64 bits per heavy atom. The Balaban J connectivity index is 2.43. The number of nitrogens with one attached hydrogen (secondary N) is 1. The van der Waals surface area contributed by atoms with Crippen LogP contribution in [0.4, 0.5) is 11.4 Å². The van der Waals surface area contributed by atoms with Gasteiger partial charge in [0.25, 0.3) is 0 Å². The van der Waals surface area contributed by atoms with Crippen LogP contribution in [0.1, 0.15) is 0 Å². The van der Waals surface area contributed by atoms with Gasteiger partial charge in [-0.25, -0.2) is 4.98 Å². The Labute approximate surface area is 64.4 Å². The molecule has 0 radical (unpaired) electrons. The predicted octanol–water partition coefficient (Wildman–Crippen LogP) is 0.468. The summed E-state index contributed by atoms with van der Waals surface area (Å²) in [4.78, 5) is 4.01. The number of pyridine rings is 1. The van der Waals surface area contributed by atoms with Crippen molar-refractivity contribution in [2.75, 3.05) is 24.2 Å². The highest BCUT2D eigenvalue weighted by atomic mass is 16.5. The van der Waals surface area contributed by atoms with Crippen LogP contribution in [0.15, 0.2) is 12.3 Å². The van der Waals surface area contributed by atoms with Crippen molar-refractivity contribution in [2.45, 2.75) is 0 Å². The average Bonchev–Trinajstić information content (AvgIpc) is 2.04. The van der Waals surface area contributed by atoms with Crippen molar-refractivity contribution in [2.24, 2.45) is 0 Å². The third-order valence-electron chi connectivity index (χ3n) is 1.53. The van der Waals surface area contributed by atoms with E-state index in [0.717, 1.165) is 12.2 Å². The Bertz CT molecular complexity index is 274. The number of hydrogen-bond acceptors (Lipinski definition) is 4. The van der Waals surface area contributed by atoms with Crippen molar-refractivity contribution in [1.29, 1.82) is 0 Å². The number of fused-ring (bicyclic) bond motifs is 1. The maximum absolute atomic E-state index is 5.52. The molecule has 0 saturated carbocycles. The second-order valence-electron chi connectivity index (χ2n) is 2.40. The Morgan fingerprint density at radius 3 is 3.45 bits per heavy atom. The standard InChI is InChI=1S/C7H9N3O/c8-5-3-6-7(10-4-5)11-2-1-9-6/h3-4,9H,1-2,8H2. The molecule has 0 spiro atoms.